The minimum absolute atomic E-state index is 0.0451. The molecule has 0 aliphatic rings. The first-order valence-corrected chi connectivity index (χ1v) is 6.55. The summed E-state index contributed by atoms with van der Waals surface area (Å²) in [5.41, 5.74) is 11.5. The zero-order valence-electron chi connectivity index (χ0n) is 12.1. The van der Waals surface area contributed by atoms with Crippen LogP contribution in [0.15, 0.2) is 24.3 Å². The van der Waals surface area contributed by atoms with Gasteiger partial charge >= 0.3 is 0 Å². The fraction of sp³-hybridized carbons (Fsp3) is 0.357. The van der Waals surface area contributed by atoms with Crippen molar-refractivity contribution in [3.05, 3.63) is 29.8 Å². The summed E-state index contributed by atoms with van der Waals surface area (Å²) in [6.07, 6.45) is -0.222. The number of rotatable bonds is 6. The number of hydrogen-bond donors (Lipinski definition) is 4. The summed E-state index contributed by atoms with van der Waals surface area (Å²) in [4.78, 5) is 34.1. The second-order valence-corrected chi connectivity index (χ2v) is 4.97. The summed E-state index contributed by atoms with van der Waals surface area (Å²) in [5, 5.41) is 5.31. The summed E-state index contributed by atoms with van der Waals surface area (Å²) in [6.45, 7) is 3.74. The van der Waals surface area contributed by atoms with Crippen LogP contribution in [-0.2, 0) is 9.59 Å². The highest BCUT2D eigenvalue weighted by Gasteiger charge is 2.16. The molecule has 1 atom stereocenters. The number of amides is 3. The number of carbonyl (C=O) groups is 3. The fourth-order valence-electron chi connectivity index (χ4n) is 1.59. The van der Waals surface area contributed by atoms with Gasteiger partial charge in [-0.2, -0.15) is 0 Å². The van der Waals surface area contributed by atoms with Crippen molar-refractivity contribution >= 4 is 23.4 Å². The molecule has 1 unspecified atom stereocenters. The topological polar surface area (TPSA) is 127 Å². The Morgan fingerprint density at radius 1 is 1.14 bits per heavy atom. The third-order valence-electron chi connectivity index (χ3n) is 2.59. The van der Waals surface area contributed by atoms with Crippen LogP contribution in [0, 0.1) is 0 Å². The van der Waals surface area contributed by atoms with E-state index in [1.807, 2.05) is 13.8 Å². The van der Waals surface area contributed by atoms with E-state index in [0.29, 0.717) is 11.3 Å². The molecular weight excluding hydrogens is 272 g/mol. The van der Waals surface area contributed by atoms with Crippen molar-refractivity contribution in [2.75, 3.05) is 5.32 Å². The maximum absolute atomic E-state index is 11.7. The van der Waals surface area contributed by atoms with Crippen LogP contribution in [0.4, 0.5) is 5.69 Å². The van der Waals surface area contributed by atoms with Gasteiger partial charge in [-0.15, -0.1) is 0 Å². The van der Waals surface area contributed by atoms with E-state index in [9.17, 15) is 14.4 Å². The van der Waals surface area contributed by atoms with Crippen LogP contribution in [0.3, 0.4) is 0 Å². The van der Waals surface area contributed by atoms with E-state index in [0.717, 1.165) is 0 Å². The zero-order chi connectivity index (χ0) is 16.0. The van der Waals surface area contributed by atoms with Crippen LogP contribution >= 0.6 is 0 Å². The predicted molar refractivity (Wildman–Crippen MR) is 79.5 cm³/mol. The van der Waals surface area contributed by atoms with Gasteiger partial charge in [-0.1, -0.05) is 0 Å². The largest absolute Gasteiger partial charge is 0.370 e. The van der Waals surface area contributed by atoms with Crippen molar-refractivity contribution in [2.24, 2.45) is 11.5 Å². The van der Waals surface area contributed by atoms with E-state index >= 15 is 0 Å². The smallest absolute Gasteiger partial charge is 0.251 e. The molecule has 0 heterocycles. The lowest BCUT2D eigenvalue weighted by atomic mass is 10.1. The molecule has 0 radical (unpaired) electrons. The van der Waals surface area contributed by atoms with Crippen molar-refractivity contribution in [1.82, 2.24) is 5.32 Å². The Morgan fingerprint density at radius 3 is 2.19 bits per heavy atom. The number of anilines is 1. The van der Waals surface area contributed by atoms with Gasteiger partial charge in [0.15, 0.2) is 0 Å². The monoisotopic (exact) mass is 292 g/mol. The van der Waals surface area contributed by atoms with Crippen molar-refractivity contribution in [3.63, 3.8) is 0 Å². The van der Waals surface area contributed by atoms with Crippen molar-refractivity contribution in [1.29, 1.82) is 0 Å². The summed E-state index contributed by atoms with van der Waals surface area (Å²) < 4.78 is 0. The lowest BCUT2D eigenvalue weighted by Crippen LogP contribution is -2.39. The van der Waals surface area contributed by atoms with E-state index in [2.05, 4.69) is 10.6 Å². The molecule has 114 valence electrons. The van der Waals surface area contributed by atoms with Gasteiger partial charge in [0.1, 0.15) is 0 Å². The Kier molecular flexibility index (Phi) is 5.86. The Hall–Kier alpha value is -2.41. The maximum Gasteiger partial charge on any atom is 0.251 e. The molecule has 0 aliphatic carbocycles. The van der Waals surface area contributed by atoms with Gasteiger partial charge in [-0.3, -0.25) is 14.4 Å². The maximum atomic E-state index is 11.7. The Labute approximate surface area is 123 Å². The molecule has 0 bridgehead atoms. The Balaban J connectivity index is 2.64. The number of benzene rings is 1. The zero-order valence-corrected chi connectivity index (χ0v) is 12.1. The van der Waals surface area contributed by atoms with Gasteiger partial charge in [0.2, 0.25) is 11.8 Å². The third kappa shape index (κ3) is 5.62. The van der Waals surface area contributed by atoms with Gasteiger partial charge in [0, 0.05) is 17.3 Å². The third-order valence-corrected chi connectivity index (χ3v) is 2.59. The molecule has 0 saturated carbocycles. The van der Waals surface area contributed by atoms with Crippen LogP contribution in [-0.4, -0.2) is 29.8 Å². The first-order chi connectivity index (χ1) is 9.79. The molecule has 6 N–H and O–H groups in total. The quantitative estimate of drug-likeness (QED) is 0.587. The number of nitrogens with two attached hydrogens (primary N) is 2. The lowest BCUT2D eigenvalue weighted by Gasteiger charge is -2.11. The minimum atomic E-state index is -0.994. The molecule has 1 rings (SSSR count). The van der Waals surface area contributed by atoms with Crippen molar-refractivity contribution < 1.29 is 14.4 Å². The van der Waals surface area contributed by atoms with E-state index in [4.69, 9.17) is 11.5 Å². The molecule has 0 saturated heterocycles. The van der Waals surface area contributed by atoms with Gasteiger partial charge in [0.05, 0.1) is 12.5 Å². The van der Waals surface area contributed by atoms with Gasteiger partial charge < -0.3 is 22.1 Å². The van der Waals surface area contributed by atoms with Gasteiger partial charge in [0.25, 0.3) is 5.91 Å². The first-order valence-electron chi connectivity index (χ1n) is 6.55. The van der Waals surface area contributed by atoms with Gasteiger partial charge in [-0.25, -0.2) is 0 Å². The highest BCUT2D eigenvalue weighted by Crippen LogP contribution is 2.10. The van der Waals surface area contributed by atoms with Crippen molar-refractivity contribution in [2.45, 2.75) is 32.4 Å². The van der Waals surface area contributed by atoms with Crippen LogP contribution in [0.5, 0.6) is 0 Å². The molecule has 0 aromatic heterocycles. The summed E-state index contributed by atoms with van der Waals surface area (Å²) in [6, 6.07) is 5.41. The second kappa shape index (κ2) is 7.39. The molecule has 3 amide bonds. The van der Waals surface area contributed by atoms with Crippen LogP contribution in [0.1, 0.15) is 30.6 Å². The number of carbonyl (C=O) groups excluding carboxylic acids is 3. The molecule has 0 spiro atoms. The average Bonchev–Trinajstić information content (AvgIpc) is 2.37. The molecule has 21 heavy (non-hydrogen) atoms. The first kappa shape index (κ1) is 16.6. The summed E-state index contributed by atoms with van der Waals surface area (Å²) in [7, 11) is 0. The highest BCUT2D eigenvalue weighted by atomic mass is 16.2. The summed E-state index contributed by atoms with van der Waals surface area (Å²) >= 11 is 0. The van der Waals surface area contributed by atoms with Crippen LogP contribution in [0.2, 0.25) is 0 Å². The second-order valence-electron chi connectivity index (χ2n) is 4.97. The number of hydrogen-bond acceptors (Lipinski definition) is 4. The SMILES string of the molecule is CC(C)NC(=O)c1ccc(NC(=O)C(N)CC(N)=O)cc1. The number of primary amides is 1. The normalized spacial score (nSPS) is 11.8. The lowest BCUT2D eigenvalue weighted by molar-refractivity contribution is -0.123. The van der Waals surface area contributed by atoms with Gasteiger partial charge in [-0.05, 0) is 38.1 Å². The van der Waals surface area contributed by atoms with E-state index in [-0.39, 0.29) is 18.4 Å². The van der Waals surface area contributed by atoms with Crippen molar-refractivity contribution in [3.8, 4) is 0 Å². The Bertz CT molecular complexity index is 526. The fourth-order valence-corrected chi connectivity index (χ4v) is 1.59. The Morgan fingerprint density at radius 2 is 1.71 bits per heavy atom. The molecular formula is C14H20N4O3. The molecule has 7 heteroatoms. The molecule has 1 aromatic carbocycles. The van der Waals surface area contributed by atoms with Crippen LogP contribution < -0.4 is 22.1 Å². The average molecular weight is 292 g/mol. The van der Waals surface area contributed by atoms with E-state index in [1.54, 1.807) is 24.3 Å². The molecule has 0 aliphatic heterocycles. The molecule has 1 aromatic rings. The number of nitrogens with one attached hydrogen (secondary N) is 2. The summed E-state index contributed by atoms with van der Waals surface area (Å²) in [5.74, 6) is -1.33. The van der Waals surface area contributed by atoms with E-state index < -0.39 is 17.9 Å². The molecule has 7 nitrogen and oxygen atoms in total. The van der Waals surface area contributed by atoms with E-state index in [1.165, 1.54) is 0 Å². The standard InChI is InChI=1S/C14H20N4O3/c1-8(2)17-13(20)9-3-5-10(6-4-9)18-14(21)11(15)7-12(16)19/h3-6,8,11H,7,15H2,1-2H3,(H2,16,19)(H,17,20)(H,18,21). The van der Waals surface area contributed by atoms with Crippen LogP contribution in [0.25, 0.3) is 0 Å². The highest BCUT2D eigenvalue weighted by molar-refractivity contribution is 5.98. The molecule has 0 fully saturated rings. The predicted octanol–water partition coefficient (Wildman–Crippen LogP) is -0.0340. The minimum Gasteiger partial charge on any atom is -0.370 e.